The third kappa shape index (κ3) is 4.96. The number of likely N-dealkylation sites (tertiary alicyclic amines) is 1. The highest BCUT2D eigenvalue weighted by atomic mass is 127. The third-order valence-corrected chi connectivity index (χ3v) is 4.87. The zero-order valence-corrected chi connectivity index (χ0v) is 17.6. The molecule has 2 aromatic rings. The molecule has 0 radical (unpaired) electrons. The first kappa shape index (κ1) is 19.8. The molecular weight excluding hydrogens is 425 g/mol. The summed E-state index contributed by atoms with van der Waals surface area (Å²) in [4.78, 5) is 11.1. The van der Waals surface area contributed by atoms with Gasteiger partial charge in [-0.25, -0.2) is 4.98 Å². The fourth-order valence-electron chi connectivity index (χ4n) is 3.43. The lowest BCUT2D eigenvalue weighted by molar-refractivity contribution is 0.189. The number of benzene rings is 1. The van der Waals surface area contributed by atoms with Crippen molar-refractivity contribution in [1.82, 2.24) is 19.8 Å². The van der Waals surface area contributed by atoms with Crippen LogP contribution < -0.4 is 5.32 Å². The smallest absolute Gasteiger partial charge is 0.193 e. The number of imidazole rings is 1. The summed E-state index contributed by atoms with van der Waals surface area (Å²) in [7, 11) is 1.86. The number of aromatic nitrogens is 2. The summed E-state index contributed by atoms with van der Waals surface area (Å²) in [6.45, 7) is 7.26. The number of halogens is 1. The number of nitrogens with zero attached hydrogens (tertiary/aromatic N) is 4. The normalized spacial score (nSPS) is 20.9. The van der Waals surface area contributed by atoms with E-state index in [0.29, 0.717) is 12.0 Å². The quantitative estimate of drug-likeness (QED) is 0.440. The standard InChI is InChI=1S/C19H27N5.HI/c1-15-5-4-6-17(11-15)12-22-19(20-3)23-9-7-16(2)18(13-23)24-10-8-21-14-24;/h4-6,8,10-11,14,16,18H,7,9,12-13H2,1-3H3,(H,20,22);1H. The van der Waals surface area contributed by atoms with E-state index < -0.39 is 0 Å². The van der Waals surface area contributed by atoms with Gasteiger partial charge in [0, 0.05) is 39.1 Å². The Morgan fingerprint density at radius 1 is 1.40 bits per heavy atom. The van der Waals surface area contributed by atoms with Crippen molar-refractivity contribution in [2.75, 3.05) is 20.1 Å². The van der Waals surface area contributed by atoms with Crippen molar-refractivity contribution in [2.24, 2.45) is 10.9 Å². The molecule has 3 rings (SSSR count). The van der Waals surface area contributed by atoms with Crippen LogP contribution >= 0.6 is 24.0 Å². The Bertz CT molecular complexity index is 683. The van der Waals surface area contributed by atoms with Gasteiger partial charge in [0.05, 0.1) is 12.4 Å². The van der Waals surface area contributed by atoms with Gasteiger partial charge in [-0.1, -0.05) is 36.8 Å². The van der Waals surface area contributed by atoms with Gasteiger partial charge in [0.25, 0.3) is 0 Å². The molecule has 0 saturated carbocycles. The van der Waals surface area contributed by atoms with Crippen LogP contribution in [0.15, 0.2) is 48.0 Å². The molecular formula is C19H28IN5. The largest absolute Gasteiger partial charge is 0.352 e. The predicted molar refractivity (Wildman–Crippen MR) is 113 cm³/mol. The van der Waals surface area contributed by atoms with Crippen molar-refractivity contribution >= 4 is 29.9 Å². The third-order valence-electron chi connectivity index (χ3n) is 4.87. The van der Waals surface area contributed by atoms with Crippen molar-refractivity contribution in [3.8, 4) is 0 Å². The second-order valence-electron chi connectivity index (χ2n) is 6.68. The van der Waals surface area contributed by atoms with Gasteiger partial charge < -0.3 is 14.8 Å². The highest BCUT2D eigenvalue weighted by molar-refractivity contribution is 14.0. The minimum Gasteiger partial charge on any atom is -0.352 e. The summed E-state index contributed by atoms with van der Waals surface area (Å²) in [5.74, 6) is 1.62. The second-order valence-corrected chi connectivity index (χ2v) is 6.68. The van der Waals surface area contributed by atoms with Crippen LogP contribution in [0.1, 0.15) is 30.5 Å². The van der Waals surface area contributed by atoms with Gasteiger partial charge >= 0.3 is 0 Å². The molecule has 0 spiro atoms. The number of guanidine groups is 1. The molecule has 1 fully saturated rings. The van der Waals surface area contributed by atoms with Gasteiger partial charge in [0.15, 0.2) is 5.96 Å². The lowest BCUT2D eigenvalue weighted by atomic mass is 9.93. The van der Waals surface area contributed by atoms with E-state index in [9.17, 15) is 0 Å². The van der Waals surface area contributed by atoms with Gasteiger partial charge in [-0.2, -0.15) is 0 Å². The average Bonchev–Trinajstić information content (AvgIpc) is 3.11. The maximum absolute atomic E-state index is 4.50. The van der Waals surface area contributed by atoms with E-state index in [1.165, 1.54) is 11.1 Å². The van der Waals surface area contributed by atoms with E-state index in [1.807, 2.05) is 19.6 Å². The molecule has 25 heavy (non-hydrogen) atoms. The van der Waals surface area contributed by atoms with Crippen LogP contribution in [-0.2, 0) is 6.54 Å². The van der Waals surface area contributed by atoms with Crippen LogP contribution in [-0.4, -0.2) is 40.5 Å². The van der Waals surface area contributed by atoms with Crippen LogP contribution in [0, 0.1) is 12.8 Å². The zero-order valence-electron chi connectivity index (χ0n) is 15.2. The monoisotopic (exact) mass is 453 g/mol. The van der Waals surface area contributed by atoms with Crippen LogP contribution in [0.5, 0.6) is 0 Å². The minimum absolute atomic E-state index is 0. The van der Waals surface area contributed by atoms with E-state index in [1.54, 1.807) is 0 Å². The Hall–Kier alpha value is -1.57. The van der Waals surface area contributed by atoms with Gasteiger partial charge in [-0.15, -0.1) is 24.0 Å². The molecule has 1 aromatic carbocycles. The molecule has 2 unspecified atom stereocenters. The predicted octanol–water partition coefficient (Wildman–Crippen LogP) is 3.47. The Balaban J connectivity index is 0.00000225. The van der Waals surface area contributed by atoms with E-state index in [2.05, 4.69) is 69.1 Å². The summed E-state index contributed by atoms with van der Waals surface area (Å²) in [5.41, 5.74) is 2.57. The fourth-order valence-corrected chi connectivity index (χ4v) is 3.43. The van der Waals surface area contributed by atoms with Crippen molar-refractivity contribution in [3.05, 3.63) is 54.1 Å². The van der Waals surface area contributed by atoms with Crippen LogP contribution in [0.2, 0.25) is 0 Å². The molecule has 0 bridgehead atoms. The molecule has 6 heteroatoms. The van der Waals surface area contributed by atoms with Crippen LogP contribution in [0.25, 0.3) is 0 Å². The Labute approximate surface area is 167 Å². The molecule has 136 valence electrons. The number of aryl methyl sites for hydroxylation is 1. The first-order valence-corrected chi connectivity index (χ1v) is 8.66. The summed E-state index contributed by atoms with van der Waals surface area (Å²) in [6.07, 6.45) is 7.01. The number of rotatable bonds is 3. The molecule has 0 aliphatic carbocycles. The molecule has 1 aromatic heterocycles. The maximum atomic E-state index is 4.50. The molecule has 5 nitrogen and oxygen atoms in total. The van der Waals surface area contributed by atoms with E-state index in [-0.39, 0.29) is 24.0 Å². The summed E-state index contributed by atoms with van der Waals surface area (Å²) >= 11 is 0. The molecule has 1 saturated heterocycles. The highest BCUT2D eigenvalue weighted by Gasteiger charge is 2.28. The number of aliphatic imine (C=N–C) groups is 1. The van der Waals surface area contributed by atoms with Crippen molar-refractivity contribution in [3.63, 3.8) is 0 Å². The zero-order chi connectivity index (χ0) is 16.9. The maximum Gasteiger partial charge on any atom is 0.193 e. The Morgan fingerprint density at radius 2 is 2.24 bits per heavy atom. The second kappa shape index (κ2) is 9.22. The summed E-state index contributed by atoms with van der Waals surface area (Å²) in [5, 5.41) is 3.51. The van der Waals surface area contributed by atoms with E-state index in [4.69, 9.17) is 0 Å². The average molecular weight is 453 g/mol. The first-order valence-electron chi connectivity index (χ1n) is 8.66. The lowest BCUT2D eigenvalue weighted by Crippen LogP contribution is -2.48. The first-order chi connectivity index (χ1) is 11.7. The van der Waals surface area contributed by atoms with Gasteiger partial charge in [-0.05, 0) is 24.8 Å². The molecule has 1 aliphatic rings. The topological polar surface area (TPSA) is 45.5 Å². The molecule has 2 atom stereocenters. The fraction of sp³-hybridized carbons (Fsp3) is 0.474. The number of piperidine rings is 1. The van der Waals surface area contributed by atoms with Crippen molar-refractivity contribution < 1.29 is 0 Å². The van der Waals surface area contributed by atoms with Gasteiger partial charge in [0.1, 0.15) is 0 Å². The summed E-state index contributed by atoms with van der Waals surface area (Å²) < 4.78 is 2.23. The Morgan fingerprint density at radius 3 is 2.92 bits per heavy atom. The van der Waals surface area contributed by atoms with Gasteiger partial charge in [-0.3, -0.25) is 4.99 Å². The summed E-state index contributed by atoms with van der Waals surface area (Å²) in [6, 6.07) is 9.04. The van der Waals surface area contributed by atoms with E-state index >= 15 is 0 Å². The van der Waals surface area contributed by atoms with Gasteiger partial charge in [0.2, 0.25) is 0 Å². The number of hydrogen-bond donors (Lipinski definition) is 1. The van der Waals surface area contributed by atoms with Crippen molar-refractivity contribution in [2.45, 2.75) is 32.9 Å². The molecule has 1 aliphatic heterocycles. The molecule has 1 N–H and O–H groups in total. The van der Waals surface area contributed by atoms with Crippen LogP contribution in [0.4, 0.5) is 0 Å². The van der Waals surface area contributed by atoms with Crippen LogP contribution in [0.3, 0.4) is 0 Å². The lowest BCUT2D eigenvalue weighted by Gasteiger charge is -2.39. The highest BCUT2D eigenvalue weighted by Crippen LogP contribution is 2.27. The number of nitrogens with one attached hydrogen (secondary N) is 1. The Kier molecular flexibility index (Phi) is 7.28. The number of hydrogen-bond acceptors (Lipinski definition) is 2. The molecule has 2 heterocycles. The van der Waals surface area contributed by atoms with E-state index in [0.717, 1.165) is 32.0 Å². The minimum atomic E-state index is 0. The SMILES string of the molecule is CN=C(NCc1cccc(C)c1)N1CCC(C)C(n2ccnc2)C1.I. The van der Waals surface area contributed by atoms with Crippen molar-refractivity contribution in [1.29, 1.82) is 0 Å². The molecule has 0 amide bonds.